The number of benzene rings is 2. The first-order valence-corrected chi connectivity index (χ1v) is 10.6. The zero-order chi connectivity index (χ0) is 26.1. The number of hydrogen-bond acceptors (Lipinski definition) is 6. The highest BCUT2D eigenvalue weighted by Crippen LogP contribution is 2.23. The van der Waals surface area contributed by atoms with Crippen LogP contribution in [0.25, 0.3) is 5.69 Å². The molecular formula is C24H25N5O6. The van der Waals surface area contributed by atoms with E-state index in [2.05, 4.69) is 36.4 Å². The van der Waals surface area contributed by atoms with Gasteiger partial charge in [-0.1, -0.05) is 32.9 Å². The minimum absolute atomic E-state index is 0.0316. The summed E-state index contributed by atoms with van der Waals surface area (Å²) in [5.41, 5.74) is 3.24. The van der Waals surface area contributed by atoms with Crippen molar-refractivity contribution >= 4 is 23.3 Å². The van der Waals surface area contributed by atoms with Gasteiger partial charge >= 0.3 is 5.97 Å². The van der Waals surface area contributed by atoms with Crippen molar-refractivity contribution in [3.63, 3.8) is 0 Å². The molecule has 0 radical (unpaired) electrons. The number of hydrogen-bond donors (Lipinski definition) is 3. The van der Waals surface area contributed by atoms with Crippen molar-refractivity contribution in [3.8, 4) is 5.69 Å². The van der Waals surface area contributed by atoms with Crippen LogP contribution in [0.3, 0.4) is 0 Å². The average molecular weight is 479 g/mol. The molecule has 1 aromatic heterocycles. The van der Waals surface area contributed by atoms with Gasteiger partial charge in [-0.15, -0.1) is 0 Å². The predicted octanol–water partition coefficient (Wildman–Crippen LogP) is 3.53. The van der Waals surface area contributed by atoms with Gasteiger partial charge in [0.1, 0.15) is 5.56 Å². The topological polar surface area (TPSA) is 160 Å². The number of aromatic carboxylic acids is 1. The van der Waals surface area contributed by atoms with E-state index in [0.717, 1.165) is 23.8 Å². The maximum atomic E-state index is 13.1. The van der Waals surface area contributed by atoms with Crippen molar-refractivity contribution < 1.29 is 19.6 Å². The molecule has 0 atom stereocenters. The van der Waals surface area contributed by atoms with Gasteiger partial charge in [-0.05, 0) is 49.1 Å². The van der Waals surface area contributed by atoms with Crippen LogP contribution in [0.2, 0.25) is 0 Å². The zero-order valence-corrected chi connectivity index (χ0v) is 19.9. The van der Waals surface area contributed by atoms with E-state index in [1.807, 2.05) is 24.3 Å². The maximum Gasteiger partial charge on any atom is 0.342 e. The number of aryl methyl sites for hydroxylation is 1. The van der Waals surface area contributed by atoms with Crippen molar-refractivity contribution in [2.45, 2.75) is 40.0 Å². The van der Waals surface area contributed by atoms with Crippen LogP contribution in [0.15, 0.2) is 52.4 Å². The van der Waals surface area contributed by atoms with Crippen molar-refractivity contribution in [2.24, 2.45) is 5.10 Å². The number of H-pyrrole nitrogens is 1. The summed E-state index contributed by atoms with van der Waals surface area (Å²) in [6, 6.07) is 10.6. The third-order valence-corrected chi connectivity index (χ3v) is 5.44. The number of amides is 1. The summed E-state index contributed by atoms with van der Waals surface area (Å²) >= 11 is 0. The second kappa shape index (κ2) is 9.37. The first kappa shape index (κ1) is 25.1. The predicted molar refractivity (Wildman–Crippen MR) is 130 cm³/mol. The summed E-state index contributed by atoms with van der Waals surface area (Å²) in [6.45, 7) is 9.53. The lowest BCUT2D eigenvalue weighted by Crippen LogP contribution is -2.23. The van der Waals surface area contributed by atoms with Crippen LogP contribution in [-0.2, 0) is 5.41 Å². The monoisotopic (exact) mass is 479 g/mol. The number of aromatic amines is 1. The summed E-state index contributed by atoms with van der Waals surface area (Å²) < 4.78 is 1.38. The highest BCUT2D eigenvalue weighted by molar-refractivity contribution is 6.02. The van der Waals surface area contributed by atoms with E-state index in [4.69, 9.17) is 5.11 Å². The fourth-order valence-electron chi connectivity index (χ4n) is 3.52. The van der Waals surface area contributed by atoms with Crippen LogP contribution in [0.5, 0.6) is 0 Å². The summed E-state index contributed by atoms with van der Waals surface area (Å²) in [6.07, 6.45) is 0. The molecule has 3 aromatic rings. The number of nitrogens with zero attached hydrogens (tertiary/aromatic N) is 3. The Kier molecular flexibility index (Phi) is 6.72. The van der Waals surface area contributed by atoms with Crippen LogP contribution in [0, 0.1) is 17.0 Å². The van der Waals surface area contributed by atoms with E-state index in [1.165, 1.54) is 4.68 Å². The molecule has 0 aliphatic rings. The van der Waals surface area contributed by atoms with E-state index < -0.39 is 28.1 Å². The molecule has 0 aliphatic carbocycles. The Morgan fingerprint density at radius 3 is 2.31 bits per heavy atom. The standard InChI is InChI=1S/C24H25N5O6/c1-13(25-26-21(30)15-6-11-18(23(32)33)19(12-15)29(34)35)20-14(2)27-28(22(20)31)17-9-7-16(8-10-17)24(3,4)5/h6-12,27H,1-5H3,(H,26,30)(H,32,33)/b25-13-. The number of carboxylic acids is 1. The molecule has 0 aliphatic heterocycles. The number of aromatic nitrogens is 2. The Hall–Kier alpha value is -4.54. The summed E-state index contributed by atoms with van der Waals surface area (Å²) in [7, 11) is 0. The smallest absolute Gasteiger partial charge is 0.342 e. The molecule has 3 rings (SSSR count). The van der Waals surface area contributed by atoms with E-state index in [1.54, 1.807) is 13.8 Å². The number of hydrazone groups is 1. The number of nitro benzene ring substituents is 1. The van der Waals surface area contributed by atoms with E-state index in [9.17, 15) is 24.5 Å². The molecule has 0 unspecified atom stereocenters. The molecule has 0 saturated heterocycles. The largest absolute Gasteiger partial charge is 0.477 e. The maximum absolute atomic E-state index is 13.1. The fourth-order valence-corrected chi connectivity index (χ4v) is 3.52. The second-order valence-corrected chi connectivity index (χ2v) is 8.98. The highest BCUT2D eigenvalue weighted by atomic mass is 16.6. The third kappa shape index (κ3) is 5.18. The van der Waals surface area contributed by atoms with E-state index in [-0.39, 0.29) is 27.8 Å². The first-order chi connectivity index (χ1) is 16.3. The van der Waals surface area contributed by atoms with Gasteiger partial charge in [0.15, 0.2) is 0 Å². The minimum Gasteiger partial charge on any atom is -0.477 e. The van der Waals surface area contributed by atoms with Gasteiger partial charge < -0.3 is 5.11 Å². The van der Waals surface area contributed by atoms with Crippen molar-refractivity contribution in [3.05, 3.63) is 90.9 Å². The lowest BCUT2D eigenvalue weighted by molar-refractivity contribution is -0.385. The minimum atomic E-state index is -1.48. The molecule has 1 amide bonds. The van der Waals surface area contributed by atoms with Crippen molar-refractivity contribution in [1.82, 2.24) is 15.2 Å². The summed E-state index contributed by atoms with van der Waals surface area (Å²) in [5.74, 6) is -2.28. The quantitative estimate of drug-likeness (QED) is 0.278. The first-order valence-electron chi connectivity index (χ1n) is 10.6. The lowest BCUT2D eigenvalue weighted by Gasteiger charge is -2.19. The van der Waals surface area contributed by atoms with E-state index >= 15 is 0 Å². The number of carbonyl (C=O) groups is 2. The van der Waals surface area contributed by atoms with Crippen LogP contribution in [0.1, 0.15) is 65.2 Å². The molecule has 2 aromatic carbocycles. The molecule has 0 fully saturated rings. The van der Waals surface area contributed by atoms with Gasteiger partial charge in [0, 0.05) is 17.3 Å². The molecule has 11 nitrogen and oxygen atoms in total. The van der Waals surface area contributed by atoms with E-state index in [0.29, 0.717) is 11.4 Å². The van der Waals surface area contributed by atoms with Gasteiger partial charge in [0.25, 0.3) is 17.2 Å². The normalized spacial score (nSPS) is 11.9. The van der Waals surface area contributed by atoms with Gasteiger partial charge in [0.2, 0.25) is 0 Å². The van der Waals surface area contributed by atoms with Gasteiger partial charge in [-0.3, -0.25) is 24.8 Å². The number of rotatable bonds is 6. The van der Waals surface area contributed by atoms with Crippen LogP contribution in [-0.4, -0.2) is 37.4 Å². The second-order valence-electron chi connectivity index (χ2n) is 8.98. The third-order valence-electron chi connectivity index (χ3n) is 5.44. The van der Waals surface area contributed by atoms with Crippen molar-refractivity contribution in [1.29, 1.82) is 0 Å². The molecule has 35 heavy (non-hydrogen) atoms. The Morgan fingerprint density at radius 2 is 1.77 bits per heavy atom. The summed E-state index contributed by atoms with van der Waals surface area (Å²) in [5, 5.41) is 27.2. The van der Waals surface area contributed by atoms with Crippen LogP contribution in [0.4, 0.5) is 5.69 Å². The van der Waals surface area contributed by atoms with Gasteiger partial charge in [0.05, 0.1) is 21.9 Å². The van der Waals surface area contributed by atoms with Gasteiger partial charge in [-0.2, -0.15) is 5.10 Å². The average Bonchev–Trinajstić information content (AvgIpc) is 3.10. The number of carboxylic acid groups (broad SMARTS) is 1. The zero-order valence-electron chi connectivity index (χ0n) is 19.9. The molecular weight excluding hydrogens is 454 g/mol. The highest BCUT2D eigenvalue weighted by Gasteiger charge is 2.22. The Bertz CT molecular complexity index is 1410. The molecule has 0 spiro atoms. The Balaban J connectivity index is 1.87. The number of nitro groups is 1. The van der Waals surface area contributed by atoms with Crippen LogP contribution < -0.4 is 11.0 Å². The summed E-state index contributed by atoms with van der Waals surface area (Å²) in [4.78, 5) is 46.9. The molecule has 3 N–H and O–H groups in total. The lowest BCUT2D eigenvalue weighted by atomic mass is 9.87. The SMILES string of the molecule is C/C(=N/NC(=O)c1ccc(C(=O)O)c([N+](=O)[O-])c1)c1c(C)[nH]n(-c2ccc(C(C)(C)C)cc2)c1=O. The fraction of sp³-hybridized carbons (Fsp3) is 0.250. The molecule has 1 heterocycles. The van der Waals surface area contributed by atoms with Crippen LogP contribution >= 0.6 is 0 Å². The van der Waals surface area contributed by atoms with Crippen molar-refractivity contribution in [2.75, 3.05) is 0 Å². The molecule has 0 saturated carbocycles. The molecule has 0 bridgehead atoms. The Morgan fingerprint density at radius 1 is 1.14 bits per heavy atom. The molecule has 182 valence electrons. The number of nitrogens with one attached hydrogen (secondary N) is 2. The Labute approximate surface area is 200 Å². The molecule has 11 heteroatoms. The van der Waals surface area contributed by atoms with Gasteiger partial charge in [-0.25, -0.2) is 14.9 Å². The number of carbonyl (C=O) groups excluding carboxylic acids is 1.